The minimum atomic E-state index is -0.145. The molecule has 3 heterocycles. The number of pyridine rings is 1. The first-order valence-electron chi connectivity index (χ1n) is 8.80. The molecule has 1 amide bonds. The molecule has 0 bridgehead atoms. The number of hydrogen-bond donors (Lipinski definition) is 2. The van der Waals surface area contributed by atoms with Crippen LogP contribution in [0.25, 0.3) is 0 Å². The van der Waals surface area contributed by atoms with Crippen LogP contribution in [-0.4, -0.2) is 59.0 Å². The summed E-state index contributed by atoms with van der Waals surface area (Å²) in [6.07, 6.45) is 7.62. The zero-order valence-electron chi connectivity index (χ0n) is 15.2. The summed E-state index contributed by atoms with van der Waals surface area (Å²) in [5.41, 5.74) is 7.02. The zero-order valence-corrected chi connectivity index (χ0v) is 15.2. The summed E-state index contributed by atoms with van der Waals surface area (Å²) in [6, 6.07) is 4.33. The highest BCUT2D eigenvalue weighted by molar-refractivity contribution is 5.96. The highest BCUT2D eigenvalue weighted by Gasteiger charge is 2.24. The van der Waals surface area contributed by atoms with Crippen LogP contribution in [0, 0.1) is 0 Å². The van der Waals surface area contributed by atoms with Crippen molar-refractivity contribution in [3.8, 4) is 0 Å². The standard InChI is InChI=1S/C18H25N7O/c1-24(2)15-6-5-14(12-22-15)23-13-4-3-10-25(11-7-13)18(26)16-17(19)21-9-8-20-16/h5-6,8-9,12-13,23H,3-4,7,10-11H2,1-2H3,(H2,19,21)/t13-/m0/s1. The Morgan fingerprint density at radius 1 is 1.19 bits per heavy atom. The number of carbonyl (C=O) groups excluding carboxylic acids is 1. The number of anilines is 3. The normalized spacial score (nSPS) is 17.5. The molecule has 1 atom stereocenters. The number of hydrogen-bond acceptors (Lipinski definition) is 7. The van der Waals surface area contributed by atoms with Crippen LogP contribution in [0.3, 0.4) is 0 Å². The number of likely N-dealkylation sites (tertiary alicyclic amines) is 1. The average molecular weight is 355 g/mol. The quantitative estimate of drug-likeness (QED) is 0.859. The number of nitrogen functional groups attached to an aromatic ring is 1. The van der Waals surface area contributed by atoms with Crippen LogP contribution in [0.2, 0.25) is 0 Å². The van der Waals surface area contributed by atoms with Gasteiger partial charge in [0.1, 0.15) is 5.82 Å². The van der Waals surface area contributed by atoms with Crippen LogP contribution in [0.1, 0.15) is 29.8 Å². The predicted molar refractivity (Wildman–Crippen MR) is 102 cm³/mol. The molecule has 0 aromatic carbocycles. The summed E-state index contributed by atoms with van der Waals surface area (Å²) in [6.45, 7) is 1.36. The van der Waals surface area contributed by atoms with Crippen LogP contribution < -0.4 is 16.0 Å². The molecule has 1 aliphatic rings. The van der Waals surface area contributed by atoms with Gasteiger partial charge in [0, 0.05) is 45.6 Å². The molecule has 1 aliphatic heterocycles. The molecule has 1 fully saturated rings. The number of nitrogens with two attached hydrogens (primary N) is 1. The number of aromatic nitrogens is 3. The number of nitrogens with zero attached hydrogens (tertiary/aromatic N) is 5. The molecule has 0 radical (unpaired) electrons. The van der Waals surface area contributed by atoms with Crippen LogP contribution in [0.4, 0.5) is 17.3 Å². The summed E-state index contributed by atoms with van der Waals surface area (Å²) in [5, 5.41) is 3.53. The van der Waals surface area contributed by atoms with E-state index in [0.717, 1.165) is 30.8 Å². The number of carbonyl (C=O) groups is 1. The first-order chi connectivity index (χ1) is 12.5. The van der Waals surface area contributed by atoms with E-state index in [-0.39, 0.29) is 17.4 Å². The van der Waals surface area contributed by atoms with E-state index in [1.165, 1.54) is 12.4 Å². The lowest BCUT2D eigenvalue weighted by atomic mass is 10.1. The van der Waals surface area contributed by atoms with E-state index in [9.17, 15) is 4.79 Å². The van der Waals surface area contributed by atoms with Crippen molar-refractivity contribution >= 4 is 23.2 Å². The smallest absolute Gasteiger partial charge is 0.276 e. The summed E-state index contributed by atoms with van der Waals surface area (Å²) < 4.78 is 0. The van der Waals surface area contributed by atoms with E-state index in [1.54, 1.807) is 0 Å². The van der Waals surface area contributed by atoms with Gasteiger partial charge in [-0.2, -0.15) is 0 Å². The van der Waals surface area contributed by atoms with E-state index < -0.39 is 0 Å². The molecule has 138 valence electrons. The fraction of sp³-hybridized carbons (Fsp3) is 0.444. The molecule has 3 N–H and O–H groups in total. The van der Waals surface area contributed by atoms with E-state index in [4.69, 9.17) is 5.73 Å². The Morgan fingerprint density at radius 2 is 2.00 bits per heavy atom. The topological polar surface area (TPSA) is 100 Å². The third kappa shape index (κ3) is 4.19. The molecule has 8 heteroatoms. The van der Waals surface area contributed by atoms with Gasteiger partial charge in [-0.1, -0.05) is 0 Å². The molecular formula is C18H25N7O. The molecule has 2 aromatic rings. The second kappa shape index (κ2) is 7.99. The Hall–Kier alpha value is -2.90. The summed E-state index contributed by atoms with van der Waals surface area (Å²) >= 11 is 0. The van der Waals surface area contributed by atoms with Gasteiger partial charge in [-0.3, -0.25) is 4.79 Å². The van der Waals surface area contributed by atoms with Gasteiger partial charge in [0.25, 0.3) is 5.91 Å². The van der Waals surface area contributed by atoms with Gasteiger partial charge in [-0.25, -0.2) is 15.0 Å². The lowest BCUT2D eigenvalue weighted by molar-refractivity contribution is 0.0756. The Kier molecular flexibility index (Phi) is 5.50. The average Bonchev–Trinajstić information content (AvgIpc) is 2.88. The van der Waals surface area contributed by atoms with Gasteiger partial charge in [0.05, 0.1) is 11.9 Å². The lowest BCUT2D eigenvalue weighted by Crippen LogP contribution is -2.34. The van der Waals surface area contributed by atoms with E-state index >= 15 is 0 Å². The largest absolute Gasteiger partial charge is 0.382 e. The van der Waals surface area contributed by atoms with Gasteiger partial charge in [0.15, 0.2) is 11.5 Å². The maximum atomic E-state index is 12.6. The zero-order chi connectivity index (χ0) is 18.5. The number of rotatable bonds is 4. The summed E-state index contributed by atoms with van der Waals surface area (Å²) in [7, 11) is 3.94. The second-order valence-electron chi connectivity index (χ2n) is 6.65. The molecule has 2 aromatic heterocycles. The summed E-state index contributed by atoms with van der Waals surface area (Å²) in [4.78, 5) is 28.9. The molecule has 0 saturated carbocycles. The molecule has 0 spiro atoms. The highest BCUT2D eigenvalue weighted by atomic mass is 16.2. The monoisotopic (exact) mass is 355 g/mol. The number of amides is 1. The second-order valence-corrected chi connectivity index (χ2v) is 6.65. The van der Waals surface area contributed by atoms with Gasteiger partial charge < -0.3 is 20.9 Å². The lowest BCUT2D eigenvalue weighted by Gasteiger charge is -2.21. The Morgan fingerprint density at radius 3 is 2.69 bits per heavy atom. The molecule has 0 aliphatic carbocycles. The van der Waals surface area contributed by atoms with Gasteiger partial charge in [-0.15, -0.1) is 0 Å². The van der Waals surface area contributed by atoms with Crippen molar-refractivity contribution in [1.82, 2.24) is 19.9 Å². The number of nitrogens with one attached hydrogen (secondary N) is 1. The van der Waals surface area contributed by atoms with Gasteiger partial charge in [0.2, 0.25) is 0 Å². The fourth-order valence-corrected chi connectivity index (χ4v) is 3.08. The molecule has 1 saturated heterocycles. The van der Waals surface area contributed by atoms with Crippen molar-refractivity contribution in [3.63, 3.8) is 0 Å². The molecule has 3 rings (SSSR count). The third-order valence-electron chi connectivity index (χ3n) is 4.52. The maximum Gasteiger partial charge on any atom is 0.276 e. The van der Waals surface area contributed by atoms with Crippen molar-refractivity contribution in [2.75, 3.05) is 43.1 Å². The van der Waals surface area contributed by atoms with Crippen LogP contribution in [-0.2, 0) is 0 Å². The van der Waals surface area contributed by atoms with Crippen LogP contribution in [0.5, 0.6) is 0 Å². The van der Waals surface area contributed by atoms with Crippen molar-refractivity contribution < 1.29 is 4.79 Å². The van der Waals surface area contributed by atoms with Gasteiger partial charge in [-0.05, 0) is 31.4 Å². The Balaban J connectivity index is 1.59. The molecular weight excluding hydrogens is 330 g/mol. The predicted octanol–water partition coefficient (Wildman–Crippen LogP) is 1.63. The molecule has 8 nitrogen and oxygen atoms in total. The molecule has 26 heavy (non-hydrogen) atoms. The van der Waals surface area contributed by atoms with Crippen molar-refractivity contribution in [2.24, 2.45) is 0 Å². The van der Waals surface area contributed by atoms with E-state index in [2.05, 4.69) is 20.3 Å². The van der Waals surface area contributed by atoms with Crippen LogP contribution in [0.15, 0.2) is 30.7 Å². The van der Waals surface area contributed by atoms with E-state index in [1.807, 2.05) is 42.2 Å². The first kappa shape index (κ1) is 17.9. The van der Waals surface area contributed by atoms with Crippen molar-refractivity contribution in [1.29, 1.82) is 0 Å². The molecule has 0 unspecified atom stereocenters. The van der Waals surface area contributed by atoms with Crippen LogP contribution >= 0.6 is 0 Å². The minimum absolute atomic E-state index is 0.145. The van der Waals surface area contributed by atoms with Crippen molar-refractivity contribution in [3.05, 3.63) is 36.4 Å². The fourth-order valence-electron chi connectivity index (χ4n) is 3.08. The Labute approximate surface area is 153 Å². The summed E-state index contributed by atoms with van der Waals surface area (Å²) in [5.74, 6) is 0.964. The third-order valence-corrected chi connectivity index (χ3v) is 4.52. The highest BCUT2D eigenvalue weighted by Crippen LogP contribution is 2.19. The SMILES string of the molecule is CN(C)c1ccc(N[C@H]2CCCN(C(=O)c3nccnc3N)CC2)cn1. The van der Waals surface area contributed by atoms with Gasteiger partial charge >= 0.3 is 0 Å². The minimum Gasteiger partial charge on any atom is -0.382 e. The maximum absolute atomic E-state index is 12.6. The van der Waals surface area contributed by atoms with Crippen molar-refractivity contribution in [2.45, 2.75) is 25.3 Å². The first-order valence-corrected chi connectivity index (χ1v) is 8.80. The van der Waals surface area contributed by atoms with E-state index in [0.29, 0.717) is 19.1 Å². The Bertz CT molecular complexity index is 747.